The van der Waals surface area contributed by atoms with Gasteiger partial charge in [-0.15, -0.1) is 0 Å². The largest absolute Gasteiger partial charge is 0.352 e. The number of rotatable bonds is 11. The molecule has 2 aromatic heterocycles. The topological polar surface area (TPSA) is 98.9 Å². The van der Waals surface area contributed by atoms with Crippen molar-refractivity contribution in [1.82, 2.24) is 24.4 Å². The standard InChI is InChI=1S/C22H33N5O3S/c1-5-7-8-9-10-16-24-18-17(21(29)26(4)22(30)27(18)13-6-2)20(25-16)31-14(3)19(28)23-15-11-12-15/h14-15H,5-13H2,1-4H3,(H,23,28). The lowest BCUT2D eigenvalue weighted by Crippen LogP contribution is -2.39. The number of amides is 1. The van der Waals surface area contributed by atoms with E-state index in [1.165, 1.54) is 18.8 Å². The molecule has 31 heavy (non-hydrogen) atoms. The lowest BCUT2D eigenvalue weighted by molar-refractivity contribution is -0.120. The van der Waals surface area contributed by atoms with Crippen molar-refractivity contribution >= 4 is 28.7 Å². The van der Waals surface area contributed by atoms with Gasteiger partial charge in [-0.05, 0) is 32.6 Å². The minimum absolute atomic E-state index is 0.0533. The van der Waals surface area contributed by atoms with Crippen LogP contribution in [0.15, 0.2) is 14.6 Å². The monoisotopic (exact) mass is 447 g/mol. The third-order valence-electron chi connectivity index (χ3n) is 5.48. The van der Waals surface area contributed by atoms with Gasteiger partial charge >= 0.3 is 5.69 Å². The predicted molar refractivity (Wildman–Crippen MR) is 124 cm³/mol. The third-order valence-corrected chi connectivity index (χ3v) is 6.56. The minimum atomic E-state index is -0.415. The van der Waals surface area contributed by atoms with Crippen LogP contribution in [0, 0.1) is 0 Å². The molecule has 1 aliphatic rings. The molecule has 1 atom stereocenters. The maximum Gasteiger partial charge on any atom is 0.332 e. The van der Waals surface area contributed by atoms with Crippen molar-refractivity contribution in [3.63, 3.8) is 0 Å². The molecule has 170 valence electrons. The van der Waals surface area contributed by atoms with E-state index in [0.717, 1.165) is 49.5 Å². The first-order chi connectivity index (χ1) is 14.9. The van der Waals surface area contributed by atoms with Crippen molar-refractivity contribution in [3.8, 4) is 0 Å². The Morgan fingerprint density at radius 2 is 1.90 bits per heavy atom. The fourth-order valence-corrected chi connectivity index (χ4v) is 4.44. The van der Waals surface area contributed by atoms with E-state index in [1.807, 2.05) is 13.8 Å². The molecule has 0 saturated heterocycles. The number of unbranched alkanes of at least 4 members (excludes halogenated alkanes) is 3. The number of carbonyl (C=O) groups is 1. The molecule has 9 heteroatoms. The Morgan fingerprint density at radius 3 is 2.55 bits per heavy atom. The Kier molecular flexibility index (Phi) is 7.91. The van der Waals surface area contributed by atoms with Crippen LogP contribution < -0.4 is 16.6 Å². The lowest BCUT2D eigenvalue weighted by atomic mass is 10.1. The van der Waals surface area contributed by atoms with E-state index >= 15 is 0 Å². The van der Waals surface area contributed by atoms with Crippen LogP contribution in [-0.2, 0) is 24.8 Å². The maximum atomic E-state index is 13.0. The summed E-state index contributed by atoms with van der Waals surface area (Å²) in [4.78, 5) is 47.7. The van der Waals surface area contributed by atoms with Crippen molar-refractivity contribution in [2.24, 2.45) is 7.05 Å². The molecular weight excluding hydrogens is 414 g/mol. The van der Waals surface area contributed by atoms with Crippen LogP contribution in [-0.4, -0.2) is 36.3 Å². The number of fused-ring (bicyclic) bond motifs is 1. The molecule has 1 saturated carbocycles. The first kappa shape index (κ1) is 23.5. The minimum Gasteiger partial charge on any atom is -0.352 e. The Bertz CT molecular complexity index is 1060. The van der Waals surface area contributed by atoms with Gasteiger partial charge in [0, 0.05) is 26.1 Å². The van der Waals surface area contributed by atoms with Crippen LogP contribution >= 0.6 is 11.8 Å². The number of thioether (sulfide) groups is 1. The van der Waals surface area contributed by atoms with Gasteiger partial charge in [0.2, 0.25) is 5.91 Å². The summed E-state index contributed by atoms with van der Waals surface area (Å²) in [6.07, 6.45) is 7.78. The first-order valence-corrected chi connectivity index (χ1v) is 12.2. The second-order valence-electron chi connectivity index (χ2n) is 8.30. The Hall–Kier alpha value is -2.16. The van der Waals surface area contributed by atoms with Crippen LogP contribution in [0.1, 0.15) is 71.5 Å². The van der Waals surface area contributed by atoms with Gasteiger partial charge in [-0.2, -0.15) is 0 Å². The summed E-state index contributed by atoms with van der Waals surface area (Å²) in [5.41, 5.74) is -0.402. The normalized spacial score (nSPS) is 14.7. The highest BCUT2D eigenvalue weighted by Crippen LogP contribution is 2.28. The summed E-state index contributed by atoms with van der Waals surface area (Å²) in [6, 6.07) is 0.273. The SMILES string of the molecule is CCCCCCc1nc(SC(C)C(=O)NC2CC2)c2c(=O)n(C)c(=O)n(CCC)c2n1. The second kappa shape index (κ2) is 10.4. The van der Waals surface area contributed by atoms with Crippen molar-refractivity contribution in [2.45, 2.75) is 95.0 Å². The van der Waals surface area contributed by atoms with Crippen LogP contribution in [0.25, 0.3) is 11.0 Å². The van der Waals surface area contributed by atoms with Crippen molar-refractivity contribution in [2.75, 3.05) is 0 Å². The van der Waals surface area contributed by atoms with Gasteiger partial charge in [0.25, 0.3) is 5.56 Å². The number of hydrogen-bond donors (Lipinski definition) is 1. The number of hydrogen-bond acceptors (Lipinski definition) is 6. The molecule has 8 nitrogen and oxygen atoms in total. The molecule has 1 amide bonds. The van der Waals surface area contributed by atoms with Crippen LogP contribution in [0.5, 0.6) is 0 Å². The van der Waals surface area contributed by atoms with E-state index in [1.54, 1.807) is 4.57 Å². The van der Waals surface area contributed by atoms with Gasteiger partial charge < -0.3 is 5.32 Å². The highest BCUT2D eigenvalue weighted by Gasteiger charge is 2.27. The molecule has 0 radical (unpaired) electrons. The highest BCUT2D eigenvalue weighted by atomic mass is 32.2. The molecule has 3 rings (SSSR count). The first-order valence-electron chi connectivity index (χ1n) is 11.3. The molecule has 1 aliphatic carbocycles. The van der Waals surface area contributed by atoms with Crippen molar-refractivity contribution in [1.29, 1.82) is 0 Å². The molecule has 1 unspecified atom stereocenters. The molecule has 1 N–H and O–H groups in total. The summed E-state index contributed by atoms with van der Waals surface area (Å²) >= 11 is 1.27. The van der Waals surface area contributed by atoms with Crippen molar-refractivity contribution < 1.29 is 4.79 Å². The van der Waals surface area contributed by atoms with E-state index in [-0.39, 0.29) is 17.6 Å². The summed E-state index contributed by atoms with van der Waals surface area (Å²) in [5, 5.41) is 3.42. The molecule has 2 heterocycles. The smallest absolute Gasteiger partial charge is 0.332 e. The van der Waals surface area contributed by atoms with Crippen LogP contribution in [0.4, 0.5) is 0 Å². The molecule has 0 aliphatic heterocycles. The number of nitrogens with zero attached hydrogens (tertiary/aromatic N) is 4. The Labute approximate surface area is 186 Å². The average molecular weight is 448 g/mol. The number of nitrogens with one attached hydrogen (secondary N) is 1. The Morgan fingerprint density at radius 1 is 1.16 bits per heavy atom. The number of aryl methyl sites for hydroxylation is 2. The summed E-state index contributed by atoms with van der Waals surface area (Å²) in [5.74, 6) is 0.570. The van der Waals surface area contributed by atoms with Gasteiger partial charge in [0.05, 0.1) is 5.25 Å². The molecule has 0 bridgehead atoms. The number of aromatic nitrogens is 4. The third kappa shape index (κ3) is 5.56. The van der Waals surface area contributed by atoms with E-state index in [4.69, 9.17) is 4.98 Å². The van der Waals surface area contributed by atoms with E-state index in [2.05, 4.69) is 17.2 Å². The van der Waals surface area contributed by atoms with Gasteiger partial charge in [-0.25, -0.2) is 14.8 Å². The lowest BCUT2D eigenvalue weighted by Gasteiger charge is -2.16. The van der Waals surface area contributed by atoms with E-state index < -0.39 is 10.8 Å². The quantitative estimate of drug-likeness (QED) is 0.323. The zero-order valence-electron chi connectivity index (χ0n) is 18.9. The molecule has 0 spiro atoms. The highest BCUT2D eigenvalue weighted by molar-refractivity contribution is 8.00. The zero-order chi connectivity index (χ0) is 22.5. The summed E-state index contributed by atoms with van der Waals surface area (Å²) in [7, 11) is 1.48. The fraction of sp³-hybridized carbons (Fsp3) is 0.682. The van der Waals surface area contributed by atoms with Gasteiger partial charge in [-0.3, -0.25) is 18.7 Å². The molecular formula is C22H33N5O3S. The number of carbonyl (C=O) groups excluding carboxylic acids is 1. The second-order valence-corrected chi connectivity index (χ2v) is 9.63. The van der Waals surface area contributed by atoms with Gasteiger partial charge in [0.15, 0.2) is 5.65 Å². The molecule has 1 fully saturated rings. The Balaban J connectivity index is 2.06. The van der Waals surface area contributed by atoms with Crippen LogP contribution in [0.3, 0.4) is 0 Å². The van der Waals surface area contributed by atoms with E-state index in [9.17, 15) is 14.4 Å². The zero-order valence-corrected chi connectivity index (χ0v) is 19.8. The van der Waals surface area contributed by atoms with Crippen molar-refractivity contribution in [3.05, 3.63) is 26.7 Å². The van der Waals surface area contributed by atoms with Crippen LogP contribution in [0.2, 0.25) is 0 Å². The van der Waals surface area contributed by atoms with Gasteiger partial charge in [0.1, 0.15) is 16.2 Å². The fourth-order valence-electron chi connectivity index (χ4n) is 3.48. The van der Waals surface area contributed by atoms with E-state index in [0.29, 0.717) is 34.8 Å². The average Bonchev–Trinajstić information content (AvgIpc) is 3.56. The van der Waals surface area contributed by atoms with Gasteiger partial charge in [-0.1, -0.05) is 44.9 Å². The predicted octanol–water partition coefficient (Wildman–Crippen LogP) is 2.78. The molecule has 0 aromatic carbocycles. The summed E-state index contributed by atoms with van der Waals surface area (Å²) < 4.78 is 2.67. The summed E-state index contributed by atoms with van der Waals surface area (Å²) in [6.45, 7) is 6.44. The molecule has 2 aromatic rings. The maximum absolute atomic E-state index is 13.0.